The van der Waals surface area contributed by atoms with Gasteiger partial charge in [0, 0.05) is 30.4 Å². The minimum Gasteiger partial charge on any atom is -0.493 e. The molecule has 4 heterocycles. The molecule has 206 valence electrons. The number of hydrogen-bond acceptors (Lipinski definition) is 7. The number of hydrogen-bond donors (Lipinski definition) is 1. The van der Waals surface area contributed by atoms with E-state index < -0.39 is 40.7 Å². The third-order valence-electron chi connectivity index (χ3n) is 9.07. The van der Waals surface area contributed by atoms with Gasteiger partial charge in [0.1, 0.15) is 16.9 Å². The van der Waals surface area contributed by atoms with Crippen molar-refractivity contribution in [3.63, 3.8) is 0 Å². The summed E-state index contributed by atoms with van der Waals surface area (Å²) in [5.41, 5.74) is -0.678. The van der Waals surface area contributed by atoms with Crippen LogP contribution in [0.5, 0.6) is 5.75 Å². The monoisotopic (exact) mass is 550 g/mol. The van der Waals surface area contributed by atoms with E-state index >= 15 is 0 Å². The second-order valence-corrected chi connectivity index (χ2v) is 11.3. The highest BCUT2D eigenvalue weighted by Gasteiger charge is 2.77. The number of carbonyl (C=O) groups is 2. The molecule has 3 aliphatic heterocycles. The number of rotatable bonds is 5. The molecule has 9 nitrogen and oxygen atoms in total. The van der Waals surface area contributed by atoms with E-state index in [4.69, 9.17) is 20.5 Å². The van der Waals surface area contributed by atoms with Gasteiger partial charge in [-0.15, -0.1) is 0 Å². The molecule has 9 heteroatoms. The molecule has 2 unspecified atom stereocenters. The zero-order chi connectivity index (χ0) is 28.7. The quantitative estimate of drug-likeness (QED) is 0.218. The Hall–Kier alpha value is -4.52. The van der Waals surface area contributed by atoms with Crippen LogP contribution in [0.15, 0.2) is 69.9 Å². The van der Waals surface area contributed by atoms with E-state index in [-0.39, 0.29) is 25.4 Å². The predicted octanol–water partition coefficient (Wildman–Crippen LogP) is 4.67. The number of anilines is 1. The lowest BCUT2D eigenvalue weighted by molar-refractivity contribution is -0.134. The van der Waals surface area contributed by atoms with Crippen molar-refractivity contribution in [3.05, 3.63) is 88.1 Å². The second kappa shape index (κ2) is 8.74. The number of aliphatic hydroxyl groups excluding tert-OH is 1. The average molecular weight is 551 g/mol. The summed E-state index contributed by atoms with van der Waals surface area (Å²) < 4.78 is 17.8. The molecule has 4 aromatic rings. The lowest BCUT2D eigenvalue weighted by atomic mass is 9.66. The Kier molecular flexibility index (Phi) is 5.42. The van der Waals surface area contributed by atoms with Crippen LogP contribution in [0.4, 0.5) is 11.4 Å². The molecular formula is C32H26N2O7. The highest BCUT2D eigenvalue weighted by molar-refractivity contribution is 6.26. The molecule has 1 N–H and O–H groups in total. The van der Waals surface area contributed by atoms with Crippen molar-refractivity contribution in [2.24, 2.45) is 11.8 Å². The SMILES string of the molecule is [C-]#[N+]c1ccc(N2C(=O)[C@@H]3[C@H](C2=O)C2(C)OC3(CCOc3ccc4c(C)cc(=O)oc4c3)C[C@H]2O)c2ccccc12. The fourth-order valence-electron chi connectivity index (χ4n) is 7.16. The first-order chi connectivity index (χ1) is 19.7. The highest BCUT2D eigenvalue weighted by Crippen LogP contribution is 2.62. The zero-order valence-electron chi connectivity index (χ0n) is 22.4. The third kappa shape index (κ3) is 3.51. The molecule has 2 bridgehead atoms. The predicted molar refractivity (Wildman–Crippen MR) is 150 cm³/mol. The molecule has 1 aromatic heterocycles. The first-order valence-electron chi connectivity index (χ1n) is 13.5. The standard InChI is InChI=1S/C32H26N2O7/c1-17-14-26(36)40-24-15-18(8-9-19(17)24)39-13-12-32-16-25(35)31(2,41-32)27-28(32)30(38)34(29(27)37)23-11-10-22(33-3)20-6-4-5-7-21(20)23/h4-11,14-15,25,27-28,35H,12-13,16H2,1-2H3/t25-,27-,28+,31?,32?/m1/s1. The molecule has 3 saturated heterocycles. The maximum absolute atomic E-state index is 14.1. The molecule has 5 atom stereocenters. The molecule has 0 saturated carbocycles. The van der Waals surface area contributed by atoms with Crippen molar-refractivity contribution < 1.29 is 28.6 Å². The third-order valence-corrected chi connectivity index (χ3v) is 9.07. The molecular weight excluding hydrogens is 524 g/mol. The van der Waals surface area contributed by atoms with E-state index in [1.807, 2.05) is 19.1 Å². The summed E-state index contributed by atoms with van der Waals surface area (Å²) in [5.74, 6) is -1.94. The van der Waals surface area contributed by atoms with Crippen LogP contribution in [-0.4, -0.2) is 40.8 Å². The van der Waals surface area contributed by atoms with Crippen LogP contribution in [0.3, 0.4) is 0 Å². The Balaban J connectivity index is 1.20. The summed E-state index contributed by atoms with van der Waals surface area (Å²) in [6, 6.07) is 17.2. The Morgan fingerprint density at radius 3 is 2.56 bits per heavy atom. The van der Waals surface area contributed by atoms with Crippen molar-refractivity contribution in [3.8, 4) is 5.75 Å². The Morgan fingerprint density at radius 2 is 1.78 bits per heavy atom. The van der Waals surface area contributed by atoms with Gasteiger partial charge in [0.05, 0.1) is 42.4 Å². The molecule has 41 heavy (non-hydrogen) atoms. The van der Waals surface area contributed by atoms with Crippen molar-refractivity contribution in [2.75, 3.05) is 11.5 Å². The van der Waals surface area contributed by atoms with Gasteiger partial charge >= 0.3 is 5.63 Å². The van der Waals surface area contributed by atoms with Gasteiger partial charge in [0.15, 0.2) is 5.69 Å². The largest absolute Gasteiger partial charge is 0.493 e. The molecule has 7 rings (SSSR count). The van der Waals surface area contributed by atoms with Gasteiger partial charge in [-0.3, -0.25) is 9.59 Å². The second-order valence-electron chi connectivity index (χ2n) is 11.3. The number of amides is 2. The topological polar surface area (TPSA) is 111 Å². The van der Waals surface area contributed by atoms with E-state index in [1.165, 1.54) is 11.0 Å². The van der Waals surface area contributed by atoms with Gasteiger partial charge in [0.2, 0.25) is 11.8 Å². The van der Waals surface area contributed by atoms with Gasteiger partial charge in [0.25, 0.3) is 0 Å². The summed E-state index contributed by atoms with van der Waals surface area (Å²) in [7, 11) is 0. The van der Waals surface area contributed by atoms with Gasteiger partial charge < -0.3 is 19.0 Å². The highest BCUT2D eigenvalue weighted by atomic mass is 16.6. The van der Waals surface area contributed by atoms with Crippen LogP contribution >= 0.6 is 0 Å². The van der Waals surface area contributed by atoms with E-state index in [9.17, 15) is 19.5 Å². The summed E-state index contributed by atoms with van der Waals surface area (Å²) >= 11 is 0. The van der Waals surface area contributed by atoms with Crippen LogP contribution in [-0.2, 0) is 14.3 Å². The number of fused-ring (bicyclic) bond motifs is 7. The molecule has 3 fully saturated rings. The Morgan fingerprint density at radius 1 is 1.02 bits per heavy atom. The van der Waals surface area contributed by atoms with Crippen LogP contribution in [0, 0.1) is 25.3 Å². The van der Waals surface area contributed by atoms with Gasteiger partial charge in [-0.2, -0.15) is 0 Å². The fraction of sp³-hybridized carbons (Fsp3) is 0.312. The van der Waals surface area contributed by atoms with Gasteiger partial charge in [-0.05, 0) is 48.4 Å². The van der Waals surface area contributed by atoms with E-state index in [1.54, 1.807) is 49.4 Å². The van der Waals surface area contributed by atoms with Crippen molar-refractivity contribution >= 4 is 44.9 Å². The molecule has 0 spiro atoms. The maximum atomic E-state index is 14.1. The smallest absolute Gasteiger partial charge is 0.336 e. The summed E-state index contributed by atoms with van der Waals surface area (Å²) in [4.78, 5) is 44.6. The van der Waals surface area contributed by atoms with Crippen LogP contribution in [0.2, 0.25) is 0 Å². The van der Waals surface area contributed by atoms with E-state index in [0.717, 1.165) is 10.9 Å². The van der Waals surface area contributed by atoms with Crippen molar-refractivity contribution in [1.29, 1.82) is 0 Å². The summed E-state index contributed by atoms with van der Waals surface area (Å²) in [5, 5.41) is 13.2. The van der Waals surface area contributed by atoms with Gasteiger partial charge in [-0.1, -0.05) is 30.3 Å². The average Bonchev–Trinajstić information content (AvgIpc) is 3.48. The minimum absolute atomic E-state index is 0.150. The Bertz CT molecular complexity index is 1890. The molecule has 3 aliphatic rings. The Labute approximate surface area is 234 Å². The number of benzene rings is 3. The summed E-state index contributed by atoms with van der Waals surface area (Å²) in [6.45, 7) is 11.2. The number of carbonyl (C=O) groups excluding carboxylic acids is 2. The van der Waals surface area contributed by atoms with Gasteiger partial charge in [-0.25, -0.2) is 14.5 Å². The lowest BCUT2D eigenvalue weighted by Crippen LogP contribution is -2.49. The zero-order valence-corrected chi connectivity index (χ0v) is 22.4. The number of ether oxygens (including phenoxy) is 2. The van der Waals surface area contributed by atoms with Crippen LogP contribution in [0.1, 0.15) is 25.3 Å². The van der Waals surface area contributed by atoms with Crippen LogP contribution in [0.25, 0.3) is 26.6 Å². The number of imide groups is 1. The molecule has 0 aliphatic carbocycles. The van der Waals surface area contributed by atoms with Crippen LogP contribution < -0.4 is 15.3 Å². The van der Waals surface area contributed by atoms with Crippen molar-refractivity contribution in [2.45, 2.75) is 44.0 Å². The molecule has 0 radical (unpaired) electrons. The molecule has 3 aromatic carbocycles. The minimum atomic E-state index is -1.22. The summed E-state index contributed by atoms with van der Waals surface area (Å²) in [6.07, 6.45) is -0.468. The van der Waals surface area contributed by atoms with E-state index in [0.29, 0.717) is 33.5 Å². The number of aliphatic hydroxyl groups is 1. The maximum Gasteiger partial charge on any atom is 0.336 e. The number of aryl methyl sites for hydroxylation is 1. The van der Waals surface area contributed by atoms with Crippen molar-refractivity contribution in [1.82, 2.24) is 0 Å². The van der Waals surface area contributed by atoms with E-state index in [2.05, 4.69) is 4.85 Å². The lowest BCUT2D eigenvalue weighted by Gasteiger charge is -2.33. The normalized spacial score (nSPS) is 28.4. The molecule has 2 amide bonds. The number of nitrogens with zero attached hydrogens (tertiary/aromatic N) is 2. The first kappa shape index (κ1) is 25.4. The first-order valence-corrected chi connectivity index (χ1v) is 13.5. The fourth-order valence-corrected chi connectivity index (χ4v) is 7.16.